The van der Waals surface area contributed by atoms with E-state index >= 15 is 0 Å². The number of carbonyl (C=O) groups excluding carboxylic acids is 2. The van der Waals surface area contributed by atoms with Gasteiger partial charge in [0.05, 0.1) is 7.11 Å². The third-order valence-corrected chi connectivity index (χ3v) is 3.50. The molecule has 20 heavy (non-hydrogen) atoms. The maximum absolute atomic E-state index is 12.4. The van der Waals surface area contributed by atoms with Crippen LogP contribution in [0.3, 0.4) is 0 Å². The van der Waals surface area contributed by atoms with Gasteiger partial charge in [-0.3, -0.25) is 4.79 Å². The van der Waals surface area contributed by atoms with E-state index in [-0.39, 0.29) is 5.91 Å². The molecule has 1 aromatic rings. The van der Waals surface area contributed by atoms with Crippen molar-refractivity contribution in [3.8, 4) is 0 Å². The molecular weight excluding hydrogens is 256 g/mol. The zero-order valence-corrected chi connectivity index (χ0v) is 12.0. The molecule has 0 saturated heterocycles. The Labute approximate surface area is 118 Å². The molecule has 108 valence electrons. The van der Waals surface area contributed by atoms with Crippen LogP contribution < -0.4 is 10.6 Å². The van der Waals surface area contributed by atoms with Crippen molar-refractivity contribution >= 4 is 11.9 Å². The average Bonchev–Trinajstić information content (AvgIpc) is 2.45. The lowest BCUT2D eigenvalue weighted by Gasteiger charge is -2.30. The highest BCUT2D eigenvalue weighted by molar-refractivity contribution is 5.90. The first-order valence-electron chi connectivity index (χ1n) is 6.67. The second-order valence-electron chi connectivity index (χ2n) is 5.44. The van der Waals surface area contributed by atoms with Crippen molar-refractivity contribution in [2.45, 2.75) is 31.8 Å². The Morgan fingerprint density at radius 2 is 2.05 bits per heavy atom. The fourth-order valence-corrected chi connectivity index (χ4v) is 2.42. The second kappa shape index (κ2) is 5.63. The topological polar surface area (TPSA) is 67.4 Å². The van der Waals surface area contributed by atoms with E-state index < -0.39 is 17.6 Å². The third-order valence-electron chi connectivity index (χ3n) is 3.50. The molecule has 0 spiro atoms. The maximum atomic E-state index is 12.4. The number of methoxy groups -OCH3 is 1. The molecule has 0 saturated carbocycles. The van der Waals surface area contributed by atoms with Crippen LogP contribution in [-0.4, -0.2) is 31.1 Å². The summed E-state index contributed by atoms with van der Waals surface area (Å²) in [5, 5.41) is 5.93. The molecule has 2 N–H and O–H groups in total. The van der Waals surface area contributed by atoms with E-state index in [1.165, 1.54) is 12.7 Å². The number of fused-ring (bicyclic) bond motifs is 1. The lowest BCUT2D eigenvalue weighted by atomic mass is 9.93. The number of hydrogen-bond acceptors (Lipinski definition) is 4. The summed E-state index contributed by atoms with van der Waals surface area (Å²) < 4.78 is 4.70. The smallest absolute Gasteiger partial charge is 0.330 e. The molecule has 1 amide bonds. The highest BCUT2D eigenvalue weighted by Gasteiger charge is 2.34. The van der Waals surface area contributed by atoms with Gasteiger partial charge in [0.1, 0.15) is 11.6 Å². The van der Waals surface area contributed by atoms with Crippen LogP contribution in [0.1, 0.15) is 31.0 Å². The van der Waals surface area contributed by atoms with Gasteiger partial charge in [0.25, 0.3) is 0 Å². The first kappa shape index (κ1) is 14.5. The predicted molar refractivity (Wildman–Crippen MR) is 75.1 cm³/mol. The third kappa shape index (κ3) is 2.82. The van der Waals surface area contributed by atoms with Gasteiger partial charge in [-0.25, -0.2) is 4.79 Å². The minimum absolute atomic E-state index is 0.215. The minimum atomic E-state index is -1.04. The Bertz CT molecular complexity index is 526. The van der Waals surface area contributed by atoms with Crippen molar-refractivity contribution in [1.29, 1.82) is 0 Å². The summed E-state index contributed by atoms with van der Waals surface area (Å²) in [6.07, 6.45) is 0.903. The molecule has 5 heteroatoms. The van der Waals surface area contributed by atoms with E-state index in [1.54, 1.807) is 13.8 Å². The van der Waals surface area contributed by atoms with Crippen molar-refractivity contribution in [1.82, 2.24) is 10.6 Å². The van der Waals surface area contributed by atoms with E-state index in [0.717, 1.165) is 18.5 Å². The van der Waals surface area contributed by atoms with Gasteiger partial charge in [-0.1, -0.05) is 24.3 Å². The normalized spacial score (nSPS) is 18.1. The van der Waals surface area contributed by atoms with Gasteiger partial charge in [0.15, 0.2) is 0 Å². The van der Waals surface area contributed by atoms with Crippen LogP contribution in [0.2, 0.25) is 0 Å². The molecule has 2 rings (SSSR count). The van der Waals surface area contributed by atoms with Gasteiger partial charge in [0, 0.05) is 6.54 Å². The minimum Gasteiger partial charge on any atom is -0.467 e. The van der Waals surface area contributed by atoms with Crippen molar-refractivity contribution in [3.63, 3.8) is 0 Å². The van der Waals surface area contributed by atoms with E-state index in [1.807, 2.05) is 24.3 Å². The largest absolute Gasteiger partial charge is 0.467 e. The van der Waals surface area contributed by atoms with E-state index in [4.69, 9.17) is 4.74 Å². The van der Waals surface area contributed by atoms with Gasteiger partial charge < -0.3 is 15.4 Å². The lowest BCUT2D eigenvalue weighted by molar-refractivity contribution is -0.149. The van der Waals surface area contributed by atoms with E-state index in [0.29, 0.717) is 0 Å². The Kier molecular flexibility index (Phi) is 4.09. The first-order chi connectivity index (χ1) is 9.45. The van der Waals surface area contributed by atoms with Crippen LogP contribution in [0.5, 0.6) is 0 Å². The molecule has 1 aliphatic heterocycles. The van der Waals surface area contributed by atoms with Gasteiger partial charge in [0.2, 0.25) is 5.91 Å². The zero-order chi connectivity index (χ0) is 14.8. The number of carbonyl (C=O) groups is 2. The van der Waals surface area contributed by atoms with Crippen LogP contribution in [-0.2, 0) is 20.7 Å². The van der Waals surface area contributed by atoms with E-state index in [9.17, 15) is 9.59 Å². The molecule has 0 radical (unpaired) electrons. The molecule has 0 aliphatic carbocycles. The van der Waals surface area contributed by atoms with Crippen molar-refractivity contribution in [3.05, 3.63) is 35.4 Å². The number of amides is 1. The summed E-state index contributed by atoms with van der Waals surface area (Å²) >= 11 is 0. The number of esters is 1. The summed E-state index contributed by atoms with van der Waals surface area (Å²) in [5.41, 5.74) is 1.10. The Balaban J connectivity index is 2.17. The van der Waals surface area contributed by atoms with E-state index in [2.05, 4.69) is 10.6 Å². The fourth-order valence-electron chi connectivity index (χ4n) is 2.42. The molecule has 1 atom stereocenters. The van der Waals surface area contributed by atoms with Crippen molar-refractivity contribution in [2.24, 2.45) is 0 Å². The monoisotopic (exact) mass is 276 g/mol. The number of nitrogens with one attached hydrogen (secondary N) is 2. The lowest BCUT2D eigenvalue weighted by Crippen LogP contribution is -2.54. The molecule has 1 aromatic carbocycles. The van der Waals surface area contributed by atoms with Crippen LogP contribution in [0.25, 0.3) is 0 Å². The van der Waals surface area contributed by atoms with Gasteiger partial charge in [-0.05, 0) is 31.4 Å². The number of hydrogen-bond donors (Lipinski definition) is 2. The Morgan fingerprint density at radius 3 is 2.75 bits per heavy atom. The molecular formula is C15H20N2O3. The maximum Gasteiger partial charge on any atom is 0.330 e. The molecule has 5 nitrogen and oxygen atoms in total. The SMILES string of the molecule is COC(=O)C(C)(C)NC(=O)C1NCCc2ccccc21. The van der Waals surface area contributed by atoms with Gasteiger partial charge >= 0.3 is 5.97 Å². The molecule has 1 unspecified atom stereocenters. The molecule has 0 bridgehead atoms. The van der Waals surface area contributed by atoms with Gasteiger partial charge in [-0.15, -0.1) is 0 Å². The van der Waals surface area contributed by atoms with Crippen molar-refractivity contribution < 1.29 is 14.3 Å². The summed E-state index contributed by atoms with van der Waals surface area (Å²) in [7, 11) is 1.31. The molecule has 1 aliphatic rings. The Morgan fingerprint density at radius 1 is 1.35 bits per heavy atom. The summed E-state index contributed by atoms with van der Waals surface area (Å²) in [6, 6.07) is 7.43. The number of benzene rings is 1. The highest BCUT2D eigenvalue weighted by Crippen LogP contribution is 2.23. The van der Waals surface area contributed by atoms with Crippen LogP contribution in [0, 0.1) is 0 Å². The molecule has 0 aromatic heterocycles. The summed E-state index contributed by atoms with van der Waals surface area (Å²) in [6.45, 7) is 4.00. The standard InChI is InChI=1S/C15H20N2O3/c1-15(2,14(19)20-3)17-13(18)12-11-7-5-4-6-10(11)8-9-16-12/h4-7,12,16H,8-9H2,1-3H3,(H,17,18). The zero-order valence-electron chi connectivity index (χ0n) is 12.0. The van der Waals surface area contributed by atoms with Crippen LogP contribution >= 0.6 is 0 Å². The quantitative estimate of drug-likeness (QED) is 0.806. The van der Waals surface area contributed by atoms with Crippen molar-refractivity contribution in [2.75, 3.05) is 13.7 Å². The molecule has 1 heterocycles. The summed E-state index contributed by atoms with van der Waals surface area (Å²) in [5.74, 6) is -0.678. The first-order valence-corrected chi connectivity index (χ1v) is 6.67. The van der Waals surface area contributed by atoms with Crippen LogP contribution in [0.4, 0.5) is 0 Å². The number of ether oxygens (including phenoxy) is 1. The second-order valence-corrected chi connectivity index (χ2v) is 5.44. The Hall–Kier alpha value is -1.88. The average molecular weight is 276 g/mol. The highest BCUT2D eigenvalue weighted by atomic mass is 16.5. The fraction of sp³-hybridized carbons (Fsp3) is 0.467. The summed E-state index contributed by atoms with van der Waals surface area (Å²) in [4.78, 5) is 24.1. The molecule has 0 fully saturated rings. The predicted octanol–water partition coefficient (Wildman–Crippen LogP) is 0.941. The van der Waals surface area contributed by atoms with Crippen LogP contribution in [0.15, 0.2) is 24.3 Å². The van der Waals surface area contributed by atoms with Gasteiger partial charge in [-0.2, -0.15) is 0 Å². The number of rotatable bonds is 3.